The van der Waals surface area contributed by atoms with Crippen molar-refractivity contribution in [1.82, 2.24) is 0 Å². The molecule has 0 spiro atoms. The number of rotatable bonds is 2. The van der Waals surface area contributed by atoms with E-state index in [1.165, 1.54) is 6.07 Å². The fraction of sp³-hybridized carbons (Fsp3) is 0.214. The lowest BCUT2D eigenvalue weighted by Gasteiger charge is -2.12. The van der Waals surface area contributed by atoms with Gasteiger partial charge in [-0.25, -0.2) is 4.79 Å². The first-order chi connectivity index (χ1) is 8.84. The third-order valence-corrected chi connectivity index (χ3v) is 3.13. The highest BCUT2D eigenvalue weighted by Gasteiger charge is 2.23. The van der Waals surface area contributed by atoms with Crippen molar-refractivity contribution in [2.75, 3.05) is 0 Å². The van der Waals surface area contributed by atoms with Crippen LogP contribution in [0.1, 0.15) is 35.7 Å². The maximum atomic E-state index is 11.0. The quantitative estimate of drug-likeness (QED) is 0.493. The number of aromatic hydroxyl groups is 3. The molecule has 0 saturated heterocycles. The molecule has 2 aromatic rings. The summed E-state index contributed by atoms with van der Waals surface area (Å²) in [6.45, 7) is 3.92. The molecule has 0 bridgehead atoms. The van der Waals surface area contributed by atoms with Crippen molar-refractivity contribution in [3.8, 4) is 17.2 Å². The molecule has 0 aliphatic heterocycles. The second kappa shape index (κ2) is 4.35. The Morgan fingerprint density at radius 1 is 1.00 bits per heavy atom. The zero-order chi connectivity index (χ0) is 14.3. The molecular formula is C14H14O5. The van der Waals surface area contributed by atoms with E-state index in [9.17, 15) is 20.1 Å². The van der Waals surface area contributed by atoms with Gasteiger partial charge in [-0.15, -0.1) is 0 Å². The van der Waals surface area contributed by atoms with E-state index in [1.807, 2.05) is 13.8 Å². The molecule has 2 aromatic carbocycles. The molecule has 0 radical (unpaired) electrons. The van der Waals surface area contributed by atoms with Crippen LogP contribution in [0.4, 0.5) is 0 Å². The van der Waals surface area contributed by atoms with Crippen molar-refractivity contribution >= 4 is 16.7 Å². The minimum absolute atomic E-state index is 0.192. The average molecular weight is 262 g/mol. The summed E-state index contributed by atoms with van der Waals surface area (Å²) in [6, 6.07) is 4.90. The van der Waals surface area contributed by atoms with Crippen LogP contribution in [0.25, 0.3) is 10.8 Å². The van der Waals surface area contributed by atoms with Crippen LogP contribution in [-0.2, 0) is 0 Å². The SMILES string of the molecule is CC(C)c1ccc2c(O)c(C(=O)O)c(O)c(O)c2c1. The molecule has 0 aromatic heterocycles. The zero-order valence-corrected chi connectivity index (χ0v) is 10.5. The van der Waals surface area contributed by atoms with Crippen molar-refractivity contribution < 1.29 is 25.2 Å². The Bertz CT molecular complexity index is 673. The maximum absolute atomic E-state index is 11.0. The van der Waals surface area contributed by atoms with Crippen molar-refractivity contribution in [2.24, 2.45) is 0 Å². The van der Waals surface area contributed by atoms with Crippen LogP contribution in [-0.4, -0.2) is 26.4 Å². The molecular weight excluding hydrogens is 248 g/mol. The van der Waals surface area contributed by atoms with Crippen LogP contribution in [0.15, 0.2) is 18.2 Å². The van der Waals surface area contributed by atoms with E-state index in [0.717, 1.165) is 5.56 Å². The Morgan fingerprint density at radius 2 is 1.63 bits per heavy atom. The predicted octanol–water partition coefficient (Wildman–Crippen LogP) is 2.78. The minimum atomic E-state index is -1.50. The Labute approximate surface area is 109 Å². The highest BCUT2D eigenvalue weighted by Crippen LogP contribution is 2.44. The number of phenolic OH excluding ortho intramolecular Hbond substituents is 1. The van der Waals surface area contributed by atoms with Gasteiger partial charge in [0.15, 0.2) is 11.5 Å². The molecule has 0 aliphatic carbocycles. The summed E-state index contributed by atoms with van der Waals surface area (Å²) >= 11 is 0. The van der Waals surface area contributed by atoms with Gasteiger partial charge in [0, 0.05) is 10.8 Å². The summed E-state index contributed by atoms with van der Waals surface area (Å²) in [5.41, 5.74) is 0.215. The number of fused-ring (bicyclic) bond motifs is 1. The van der Waals surface area contributed by atoms with E-state index in [-0.39, 0.29) is 16.7 Å². The van der Waals surface area contributed by atoms with E-state index in [1.54, 1.807) is 12.1 Å². The van der Waals surface area contributed by atoms with Crippen LogP contribution in [0.5, 0.6) is 17.2 Å². The van der Waals surface area contributed by atoms with Crippen molar-refractivity contribution in [1.29, 1.82) is 0 Å². The molecule has 5 heteroatoms. The smallest absolute Gasteiger partial charge is 0.343 e. The molecule has 0 unspecified atom stereocenters. The van der Waals surface area contributed by atoms with Gasteiger partial charge < -0.3 is 20.4 Å². The lowest BCUT2D eigenvalue weighted by atomic mass is 9.96. The molecule has 0 amide bonds. The third kappa shape index (κ3) is 1.93. The Kier molecular flexibility index (Phi) is 2.98. The van der Waals surface area contributed by atoms with Crippen LogP contribution < -0.4 is 0 Å². The van der Waals surface area contributed by atoms with Gasteiger partial charge in [-0.05, 0) is 17.5 Å². The van der Waals surface area contributed by atoms with Crippen LogP contribution >= 0.6 is 0 Å². The molecule has 0 fully saturated rings. The number of aromatic carboxylic acids is 1. The van der Waals surface area contributed by atoms with Gasteiger partial charge >= 0.3 is 5.97 Å². The van der Waals surface area contributed by atoms with Crippen molar-refractivity contribution in [3.63, 3.8) is 0 Å². The summed E-state index contributed by atoms with van der Waals surface area (Å²) in [7, 11) is 0. The second-order valence-electron chi connectivity index (χ2n) is 4.69. The molecule has 100 valence electrons. The standard InChI is InChI=1S/C14H14O5/c1-6(2)7-3-4-8-9(5-7)12(16)13(17)10(11(8)15)14(18)19/h3-6,15-17H,1-2H3,(H,18,19). The number of carbonyl (C=O) groups is 1. The number of benzene rings is 2. The summed E-state index contributed by atoms with van der Waals surface area (Å²) in [6.07, 6.45) is 0. The number of carboxylic acids is 1. The van der Waals surface area contributed by atoms with Gasteiger partial charge in [0.05, 0.1) is 0 Å². The third-order valence-electron chi connectivity index (χ3n) is 3.13. The summed E-state index contributed by atoms with van der Waals surface area (Å²) in [5, 5.41) is 38.8. The van der Waals surface area contributed by atoms with Gasteiger partial charge in [0.25, 0.3) is 0 Å². The molecule has 4 N–H and O–H groups in total. The average Bonchev–Trinajstić information content (AvgIpc) is 2.35. The first-order valence-electron chi connectivity index (χ1n) is 5.78. The molecule has 5 nitrogen and oxygen atoms in total. The highest BCUT2D eigenvalue weighted by molar-refractivity contribution is 6.06. The van der Waals surface area contributed by atoms with Gasteiger partial charge in [-0.1, -0.05) is 26.0 Å². The van der Waals surface area contributed by atoms with Crippen LogP contribution in [0.3, 0.4) is 0 Å². The topological polar surface area (TPSA) is 98.0 Å². The Hall–Kier alpha value is -2.43. The van der Waals surface area contributed by atoms with Crippen LogP contribution in [0, 0.1) is 0 Å². The zero-order valence-electron chi connectivity index (χ0n) is 10.5. The second-order valence-corrected chi connectivity index (χ2v) is 4.69. The molecule has 0 saturated carbocycles. The maximum Gasteiger partial charge on any atom is 0.343 e. The molecule has 0 atom stereocenters. The van der Waals surface area contributed by atoms with Gasteiger partial charge in [-0.3, -0.25) is 0 Å². The van der Waals surface area contributed by atoms with Crippen molar-refractivity contribution in [3.05, 3.63) is 29.3 Å². The Balaban J connectivity index is 2.89. The highest BCUT2D eigenvalue weighted by atomic mass is 16.4. The van der Waals surface area contributed by atoms with Gasteiger partial charge in [0.2, 0.25) is 0 Å². The van der Waals surface area contributed by atoms with Crippen LogP contribution in [0.2, 0.25) is 0 Å². The number of phenols is 3. The fourth-order valence-corrected chi connectivity index (χ4v) is 2.02. The molecule has 2 rings (SSSR count). The number of carboxylic acid groups (broad SMARTS) is 1. The van der Waals surface area contributed by atoms with Gasteiger partial charge in [0.1, 0.15) is 11.3 Å². The molecule has 19 heavy (non-hydrogen) atoms. The number of hydrogen-bond acceptors (Lipinski definition) is 4. The first-order valence-corrected chi connectivity index (χ1v) is 5.78. The fourth-order valence-electron chi connectivity index (χ4n) is 2.02. The summed E-state index contributed by atoms with van der Waals surface area (Å²) in [5.74, 6) is -3.20. The van der Waals surface area contributed by atoms with E-state index in [0.29, 0.717) is 0 Å². The van der Waals surface area contributed by atoms with Crippen molar-refractivity contribution in [2.45, 2.75) is 19.8 Å². The van der Waals surface area contributed by atoms with Gasteiger partial charge in [-0.2, -0.15) is 0 Å². The lowest BCUT2D eigenvalue weighted by Crippen LogP contribution is -1.99. The lowest BCUT2D eigenvalue weighted by molar-refractivity contribution is 0.0690. The van der Waals surface area contributed by atoms with E-state index < -0.39 is 28.8 Å². The summed E-state index contributed by atoms with van der Waals surface area (Å²) in [4.78, 5) is 11.0. The monoisotopic (exact) mass is 262 g/mol. The van der Waals surface area contributed by atoms with E-state index in [2.05, 4.69) is 0 Å². The minimum Gasteiger partial charge on any atom is -0.506 e. The largest absolute Gasteiger partial charge is 0.506 e. The molecule has 0 aliphatic rings. The van der Waals surface area contributed by atoms with E-state index in [4.69, 9.17) is 5.11 Å². The summed E-state index contributed by atoms with van der Waals surface area (Å²) < 4.78 is 0. The molecule has 0 heterocycles. The normalized spacial score (nSPS) is 11.1. The predicted molar refractivity (Wildman–Crippen MR) is 70.0 cm³/mol. The first kappa shape index (κ1) is 13.0. The Morgan fingerprint density at radius 3 is 2.16 bits per heavy atom. The van der Waals surface area contributed by atoms with E-state index >= 15 is 0 Å². The number of hydrogen-bond donors (Lipinski definition) is 4.